The topological polar surface area (TPSA) is 37.3 Å². The van der Waals surface area contributed by atoms with Crippen LogP contribution in [0.3, 0.4) is 0 Å². The van der Waals surface area contributed by atoms with E-state index in [2.05, 4.69) is 13.2 Å². The second-order valence-electron chi connectivity index (χ2n) is 3.83. The van der Waals surface area contributed by atoms with Gasteiger partial charge in [-0.05, 0) is 13.3 Å². The van der Waals surface area contributed by atoms with E-state index in [-0.39, 0.29) is 5.78 Å². The predicted molar refractivity (Wildman–Crippen MR) is 63.6 cm³/mol. The van der Waals surface area contributed by atoms with Crippen molar-refractivity contribution in [2.24, 2.45) is 0 Å². The summed E-state index contributed by atoms with van der Waals surface area (Å²) >= 11 is 0. The van der Waals surface area contributed by atoms with Crippen molar-refractivity contribution in [3.63, 3.8) is 0 Å². The largest absolute Gasteiger partial charge is 0.382 e. The minimum Gasteiger partial charge on any atom is -0.382 e. The van der Waals surface area contributed by atoms with E-state index in [4.69, 9.17) is 0 Å². The standard InChI is InChI=1S/C13H20O2/c1-5-7-9-11(3)12(14)13(4,15)10-8-6-2/h5,7,9,15H,1,3,6,8,10H2,2,4H3/b9-7-. The predicted octanol–water partition coefficient (Wildman–Crippen LogP) is 2.80. The molecule has 0 rings (SSSR count). The highest BCUT2D eigenvalue weighted by Gasteiger charge is 2.29. The first-order valence-corrected chi connectivity index (χ1v) is 5.21. The molecule has 1 unspecified atom stereocenters. The lowest BCUT2D eigenvalue weighted by Crippen LogP contribution is -2.35. The number of rotatable bonds is 7. The fraction of sp³-hybridized carbons (Fsp3) is 0.462. The maximum atomic E-state index is 11.7. The highest BCUT2D eigenvalue weighted by Crippen LogP contribution is 2.18. The van der Waals surface area contributed by atoms with Gasteiger partial charge in [0.25, 0.3) is 0 Å². The van der Waals surface area contributed by atoms with Gasteiger partial charge in [0.2, 0.25) is 0 Å². The summed E-state index contributed by atoms with van der Waals surface area (Å²) in [7, 11) is 0. The normalized spacial score (nSPS) is 14.9. The molecule has 0 bridgehead atoms. The second kappa shape index (κ2) is 6.36. The van der Waals surface area contributed by atoms with E-state index in [0.29, 0.717) is 12.0 Å². The Morgan fingerprint density at radius 3 is 2.60 bits per heavy atom. The zero-order chi connectivity index (χ0) is 11.9. The van der Waals surface area contributed by atoms with Crippen LogP contribution in [-0.4, -0.2) is 16.5 Å². The highest BCUT2D eigenvalue weighted by atomic mass is 16.3. The van der Waals surface area contributed by atoms with Crippen LogP contribution in [0.4, 0.5) is 0 Å². The minimum absolute atomic E-state index is 0.311. The van der Waals surface area contributed by atoms with Crippen LogP contribution in [-0.2, 0) is 4.79 Å². The van der Waals surface area contributed by atoms with Gasteiger partial charge in [0.05, 0.1) is 0 Å². The molecule has 0 saturated carbocycles. The summed E-state index contributed by atoms with van der Waals surface area (Å²) in [6.07, 6.45) is 7.03. The molecular formula is C13H20O2. The number of allylic oxidation sites excluding steroid dienone is 3. The van der Waals surface area contributed by atoms with Crippen LogP contribution in [0.1, 0.15) is 33.1 Å². The molecule has 0 amide bonds. The number of carbonyl (C=O) groups is 1. The SMILES string of the molecule is C=C/C=C\C(=C)C(=O)C(C)(O)CCCC. The van der Waals surface area contributed by atoms with Gasteiger partial charge in [0.1, 0.15) is 5.60 Å². The maximum Gasteiger partial charge on any atom is 0.193 e. The average molecular weight is 208 g/mol. The van der Waals surface area contributed by atoms with Crippen molar-refractivity contribution >= 4 is 5.78 Å². The van der Waals surface area contributed by atoms with Crippen molar-refractivity contribution in [3.05, 3.63) is 37.0 Å². The van der Waals surface area contributed by atoms with E-state index in [1.54, 1.807) is 18.2 Å². The maximum absolute atomic E-state index is 11.7. The molecule has 84 valence electrons. The molecule has 0 aromatic heterocycles. The van der Waals surface area contributed by atoms with Crippen LogP contribution in [0.5, 0.6) is 0 Å². The molecule has 0 aliphatic carbocycles. The smallest absolute Gasteiger partial charge is 0.193 e. The average Bonchev–Trinajstić information content (AvgIpc) is 2.21. The number of hydrogen-bond donors (Lipinski definition) is 1. The van der Waals surface area contributed by atoms with Crippen molar-refractivity contribution in [1.29, 1.82) is 0 Å². The Hall–Kier alpha value is -1.15. The van der Waals surface area contributed by atoms with E-state index in [9.17, 15) is 9.90 Å². The third kappa shape index (κ3) is 4.75. The van der Waals surface area contributed by atoms with Crippen LogP contribution in [0.15, 0.2) is 37.0 Å². The Balaban J connectivity index is 4.47. The van der Waals surface area contributed by atoms with E-state index >= 15 is 0 Å². The summed E-state index contributed by atoms with van der Waals surface area (Å²) in [5, 5.41) is 9.91. The van der Waals surface area contributed by atoms with Gasteiger partial charge in [-0.15, -0.1) is 0 Å². The summed E-state index contributed by atoms with van der Waals surface area (Å²) in [6.45, 7) is 10.7. The first-order valence-electron chi connectivity index (χ1n) is 5.21. The Morgan fingerprint density at radius 2 is 2.13 bits per heavy atom. The highest BCUT2D eigenvalue weighted by molar-refractivity contribution is 6.03. The van der Waals surface area contributed by atoms with Gasteiger partial charge in [-0.25, -0.2) is 0 Å². The van der Waals surface area contributed by atoms with E-state index in [1.807, 2.05) is 6.92 Å². The quantitative estimate of drug-likeness (QED) is 0.516. The lowest BCUT2D eigenvalue weighted by molar-refractivity contribution is -0.131. The second-order valence-corrected chi connectivity index (χ2v) is 3.83. The molecular weight excluding hydrogens is 188 g/mol. The number of ketones is 1. The van der Waals surface area contributed by atoms with Gasteiger partial charge in [0.15, 0.2) is 5.78 Å². The fourth-order valence-electron chi connectivity index (χ4n) is 1.24. The third-order valence-corrected chi connectivity index (χ3v) is 2.23. The summed E-state index contributed by atoms with van der Waals surface area (Å²) in [4.78, 5) is 11.7. The lowest BCUT2D eigenvalue weighted by atomic mass is 9.90. The van der Waals surface area contributed by atoms with Gasteiger partial charge in [-0.3, -0.25) is 4.79 Å². The summed E-state index contributed by atoms with van der Waals surface area (Å²) in [5.41, 5.74) is -0.977. The molecule has 1 atom stereocenters. The molecule has 0 saturated heterocycles. The van der Waals surface area contributed by atoms with E-state index < -0.39 is 5.60 Å². The monoisotopic (exact) mass is 208 g/mol. The Morgan fingerprint density at radius 1 is 1.53 bits per heavy atom. The number of carbonyl (C=O) groups excluding carboxylic acids is 1. The molecule has 0 radical (unpaired) electrons. The first kappa shape index (κ1) is 13.8. The van der Waals surface area contributed by atoms with Crippen molar-refractivity contribution in [2.45, 2.75) is 38.7 Å². The van der Waals surface area contributed by atoms with Gasteiger partial charge in [-0.2, -0.15) is 0 Å². The van der Waals surface area contributed by atoms with Crippen molar-refractivity contribution < 1.29 is 9.90 Å². The molecule has 1 N–H and O–H groups in total. The van der Waals surface area contributed by atoms with Gasteiger partial charge >= 0.3 is 0 Å². The van der Waals surface area contributed by atoms with Crippen molar-refractivity contribution in [1.82, 2.24) is 0 Å². The van der Waals surface area contributed by atoms with E-state index in [0.717, 1.165) is 12.8 Å². The Kier molecular flexibility index (Phi) is 5.87. The molecule has 15 heavy (non-hydrogen) atoms. The molecule has 0 aliphatic rings. The Labute approximate surface area is 92.0 Å². The van der Waals surface area contributed by atoms with Crippen LogP contribution >= 0.6 is 0 Å². The van der Waals surface area contributed by atoms with Crippen LogP contribution in [0.2, 0.25) is 0 Å². The van der Waals surface area contributed by atoms with Crippen molar-refractivity contribution in [3.8, 4) is 0 Å². The molecule has 0 aromatic carbocycles. The lowest BCUT2D eigenvalue weighted by Gasteiger charge is -2.21. The number of aliphatic hydroxyl groups is 1. The molecule has 0 aliphatic heterocycles. The zero-order valence-electron chi connectivity index (χ0n) is 9.62. The molecule has 2 nitrogen and oxygen atoms in total. The van der Waals surface area contributed by atoms with Crippen LogP contribution < -0.4 is 0 Å². The van der Waals surface area contributed by atoms with Gasteiger partial charge < -0.3 is 5.11 Å². The number of Topliss-reactive ketones (excluding diaryl/α,β-unsaturated/α-hetero) is 1. The molecule has 0 fully saturated rings. The molecule has 0 spiro atoms. The van der Waals surface area contributed by atoms with Crippen molar-refractivity contribution in [2.75, 3.05) is 0 Å². The minimum atomic E-state index is -1.29. The molecule has 0 aromatic rings. The summed E-state index contributed by atoms with van der Waals surface area (Å²) in [6, 6.07) is 0. The van der Waals surface area contributed by atoms with Gasteiger partial charge in [0, 0.05) is 5.57 Å². The Bertz CT molecular complexity index is 272. The zero-order valence-corrected chi connectivity index (χ0v) is 9.62. The number of unbranched alkanes of at least 4 members (excludes halogenated alkanes) is 1. The third-order valence-electron chi connectivity index (χ3n) is 2.23. The van der Waals surface area contributed by atoms with E-state index in [1.165, 1.54) is 6.92 Å². The van der Waals surface area contributed by atoms with Crippen LogP contribution in [0, 0.1) is 0 Å². The summed E-state index contributed by atoms with van der Waals surface area (Å²) < 4.78 is 0. The fourth-order valence-corrected chi connectivity index (χ4v) is 1.24. The summed E-state index contributed by atoms with van der Waals surface area (Å²) in [5.74, 6) is -0.311. The number of hydrogen-bond acceptors (Lipinski definition) is 2. The molecule has 0 heterocycles. The van der Waals surface area contributed by atoms with Gasteiger partial charge in [-0.1, -0.05) is 51.2 Å². The van der Waals surface area contributed by atoms with Crippen LogP contribution in [0.25, 0.3) is 0 Å². The first-order chi connectivity index (χ1) is 6.95. The molecule has 2 heteroatoms.